The van der Waals surface area contributed by atoms with Crippen LogP contribution < -0.4 is 5.73 Å². The van der Waals surface area contributed by atoms with Crippen LogP contribution in [0, 0.1) is 28.1 Å². The predicted molar refractivity (Wildman–Crippen MR) is 65.3 cm³/mol. The number of hydrogen-bond acceptors (Lipinski definition) is 3. The van der Waals surface area contributed by atoms with Crippen LogP contribution in [0.4, 0.5) is 0 Å². The van der Waals surface area contributed by atoms with Gasteiger partial charge in [0.05, 0.1) is 6.07 Å². The summed E-state index contributed by atoms with van der Waals surface area (Å²) >= 11 is 0. The lowest BCUT2D eigenvalue weighted by Crippen LogP contribution is -2.38. The molecule has 1 amide bonds. The van der Waals surface area contributed by atoms with Crippen molar-refractivity contribution in [3.63, 3.8) is 0 Å². The van der Waals surface area contributed by atoms with E-state index in [1.54, 1.807) is 0 Å². The number of fused-ring (bicyclic) bond motifs is 2. The number of rotatable bonds is 2. The molecule has 0 aliphatic heterocycles. The molecule has 2 saturated carbocycles. The van der Waals surface area contributed by atoms with Crippen LogP contribution in [0.1, 0.15) is 40.0 Å². The van der Waals surface area contributed by atoms with E-state index in [1.165, 1.54) is 6.42 Å². The second-order valence-electron chi connectivity index (χ2n) is 6.13. The minimum Gasteiger partial charge on any atom is -0.367 e. The van der Waals surface area contributed by atoms with E-state index in [4.69, 9.17) is 11.0 Å². The molecular weight excluding hydrogens is 214 g/mol. The first-order valence-electron chi connectivity index (χ1n) is 6.09. The number of nitrogens with zero attached hydrogens (tertiary/aromatic N) is 2. The Hall–Kier alpha value is -1.37. The smallest absolute Gasteiger partial charge is 0.256 e. The van der Waals surface area contributed by atoms with Crippen LogP contribution in [0.3, 0.4) is 0 Å². The van der Waals surface area contributed by atoms with Crippen LogP contribution in [0.5, 0.6) is 0 Å². The van der Waals surface area contributed by atoms with E-state index in [0.29, 0.717) is 5.92 Å². The summed E-state index contributed by atoms with van der Waals surface area (Å²) in [6, 6.07) is 0.853. The van der Waals surface area contributed by atoms with Gasteiger partial charge in [-0.05, 0) is 25.2 Å². The molecule has 0 aromatic rings. The van der Waals surface area contributed by atoms with Gasteiger partial charge in [0, 0.05) is 16.5 Å². The molecule has 2 bridgehead atoms. The molecule has 0 aromatic heterocycles. The summed E-state index contributed by atoms with van der Waals surface area (Å²) in [7, 11) is 0. The van der Waals surface area contributed by atoms with Crippen LogP contribution in [0.15, 0.2) is 4.99 Å². The lowest BCUT2D eigenvalue weighted by Gasteiger charge is -2.35. The highest BCUT2D eigenvalue weighted by atomic mass is 16.1. The van der Waals surface area contributed by atoms with Crippen molar-refractivity contribution < 1.29 is 4.79 Å². The Morgan fingerprint density at radius 1 is 1.59 bits per heavy atom. The van der Waals surface area contributed by atoms with E-state index in [0.717, 1.165) is 18.6 Å². The van der Waals surface area contributed by atoms with Gasteiger partial charge < -0.3 is 5.73 Å². The number of hydrogen-bond donors (Lipinski definition) is 1. The summed E-state index contributed by atoms with van der Waals surface area (Å²) in [5, 5.41) is 8.92. The zero-order chi connectivity index (χ0) is 12.8. The van der Waals surface area contributed by atoms with Crippen LogP contribution in [-0.2, 0) is 4.79 Å². The maximum atomic E-state index is 11.1. The van der Waals surface area contributed by atoms with E-state index in [9.17, 15) is 4.79 Å². The lowest BCUT2D eigenvalue weighted by molar-refractivity contribution is -0.118. The van der Waals surface area contributed by atoms with Crippen molar-refractivity contribution >= 4 is 11.6 Å². The standard InChI is InChI=1S/C13H19N3O/c1-12(2)8-4-5-13(3,6-8)11(12)16-9(7-14)10(15)17/h8-9H,4-6H2,1-3H3,(H2,15,17)/t8-,9+,13+/m0/s1. The summed E-state index contributed by atoms with van der Waals surface area (Å²) in [5.41, 5.74) is 6.27. The molecule has 2 rings (SSSR count). The van der Waals surface area contributed by atoms with Crippen molar-refractivity contribution in [2.45, 2.75) is 46.1 Å². The monoisotopic (exact) mass is 233 g/mol. The van der Waals surface area contributed by atoms with Crippen molar-refractivity contribution in [1.29, 1.82) is 5.26 Å². The van der Waals surface area contributed by atoms with Gasteiger partial charge in [0.2, 0.25) is 6.04 Å². The first-order chi connectivity index (χ1) is 7.81. The van der Waals surface area contributed by atoms with Gasteiger partial charge in [-0.3, -0.25) is 9.79 Å². The van der Waals surface area contributed by atoms with Gasteiger partial charge in [0.1, 0.15) is 0 Å². The second kappa shape index (κ2) is 3.56. The highest BCUT2D eigenvalue weighted by molar-refractivity contribution is 6.00. The second-order valence-corrected chi connectivity index (χ2v) is 6.13. The molecule has 2 aliphatic rings. The van der Waals surface area contributed by atoms with Crippen LogP contribution in [0.2, 0.25) is 0 Å². The van der Waals surface area contributed by atoms with E-state index in [2.05, 4.69) is 25.8 Å². The van der Waals surface area contributed by atoms with Crippen molar-refractivity contribution in [3.05, 3.63) is 0 Å². The molecule has 0 radical (unpaired) electrons. The number of primary amides is 1. The van der Waals surface area contributed by atoms with Gasteiger partial charge in [0.25, 0.3) is 5.91 Å². The highest BCUT2D eigenvalue weighted by Gasteiger charge is 2.57. The SMILES string of the molecule is CC1(C)C(=N[C@H](C#N)C(N)=O)[C@]2(C)CC[C@H]1C2. The molecule has 2 aliphatic carbocycles. The third kappa shape index (κ3) is 1.65. The number of nitriles is 1. The third-order valence-electron chi connectivity index (χ3n) is 4.59. The predicted octanol–water partition coefficient (Wildman–Crippen LogP) is 1.65. The molecule has 0 unspecified atom stereocenters. The maximum absolute atomic E-state index is 11.1. The molecular formula is C13H19N3O. The Labute approximate surface area is 102 Å². The van der Waals surface area contributed by atoms with E-state index < -0.39 is 11.9 Å². The average molecular weight is 233 g/mol. The zero-order valence-corrected chi connectivity index (χ0v) is 10.7. The number of amides is 1. The number of carbonyl (C=O) groups is 1. The van der Waals surface area contributed by atoms with E-state index in [-0.39, 0.29) is 10.8 Å². The van der Waals surface area contributed by atoms with Gasteiger partial charge in [-0.15, -0.1) is 0 Å². The zero-order valence-electron chi connectivity index (χ0n) is 10.7. The summed E-state index contributed by atoms with van der Waals surface area (Å²) in [4.78, 5) is 15.5. The fourth-order valence-electron chi connectivity index (χ4n) is 3.65. The van der Waals surface area contributed by atoms with Gasteiger partial charge in [-0.25, -0.2) is 0 Å². The average Bonchev–Trinajstić information content (AvgIpc) is 2.68. The maximum Gasteiger partial charge on any atom is 0.256 e. The summed E-state index contributed by atoms with van der Waals surface area (Å²) in [5.74, 6) is -0.0272. The van der Waals surface area contributed by atoms with Crippen molar-refractivity contribution in [1.82, 2.24) is 0 Å². The molecule has 0 saturated heterocycles. The molecule has 92 valence electrons. The molecule has 3 atom stereocenters. The van der Waals surface area contributed by atoms with Gasteiger partial charge in [-0.1, -0.05) is 20.8 Å². The lowest BCUT2D eigenvalue weighted by atomic mass is 9.71. The fourth-order valence-corrected chi connectivity index (χ4v) is 3.65. The van der Waals surface area contributed by atoms with Gasteiger partial charge in [-0.2, -0.15) is 5.26 Å². The van der Waals surface area contributed by atoms with Crippen LogP contribution in [0.25, 0.3) is 0 Å². The molecule has 0 heterocycles. The van der Waals surface area contributed by atoms with Crippen molar-refractivity contribution in [2.24, 2.45) is 27.5 Å². The number of nitrogens with two attached hydrogens (primary N) is 1. The summed E-state index contributed by atoms with van der Waals surface area (Å²) in [6.45, 7) is 6.52. The normalized spacial score (nSPS) is 38.0. The Kier molecular flexibility index (Phi) is 2.53. The largest absolute Gasteiger partial charge is 0.367 e. The molecule has 2 fully saturated rings. The Bertz CT molecular complexity index is 426. The first-order valence-corrected chi connectivity index (χ1v) is 6.09. The Balaban J connectivity index is 2.41. The van der Waals surface area contributed by atoms with Gasteiger partial charge >= 0.3 is 0 Å². The quantitative estimate of drug-likeness (QED) is 0.787. The Morgan fingerprint density at radius 2 is 2.24 bits per heavy atom. The molecule has 0 aromatic carbocycles. The number of carbonyl (C=O) groups excluding carboxylic acids is 1. The molecule has 17 heavy (non-hydrogen) atoms. The highest BCUT2D eigenvalue weighted by Crippen LogP contribution is 2.60. The molecule has 0 spiro atoms. The minimum absolute atomic E-state index is 0.00243. The van der Waals surface area contributed by atoms with Crippen LogP contribution >= 0.6 is 0 Å². The molecule has 4 nitrogen and oxygen atoms in total. The fraction of sp³-hybridized carbons (Fsp3) is 0.769. The summed E-state index contributed by atoms with van der Waals surface area (Å²) in [6.07, 6.45) is 3.45. The molecule has 4 heteroatoms. The first kappa shape index (κ1) is 12.1. The van der Waals surface area contributed by atoms with Gasteiger partial charge in [0.15, 0.2) is 0 Å². The van der Waals surface area contributed by atoms with E-state index in [1.807, 2.05) is 6.07 Å². The summed E-state index contributed by atoms with van der Waals surface area (Å²) < 4.78 is 0. The van der Waals surface area contributed by atoms with Crippen molar-refractivity contribution in [3.8, 4) is 6.07 Å². The Morgan fingerprint density at radius 3 is 2.65 bits per heavy atom. The van der Waals surface area contributed by atoms with Crippen molar-refractivity contribution in [2.75, 3.05) is 0 Å². The molecule has 2 N–H and O–H groups in total. The topological polar surface area (TPSA) is 79.2 Å². The minimum atomic E-state index is -1.03. The third-order valence-corrected chi connectivity index (χ3v) is 4.59. The number of aliphatic imine (C=N–C) groups is 1. The van der Waals surface area contributed by atoms with Crippen LogP contribution in [-0.4, -0.2) is 17.7 Å². The van der Waals surface area contributed by atoms with E-state index >= 15 is 0 Å².